The average Bonchev–Trinajstić information content (AvgIpc) is 3.27. The van der Waals surface area contributed by atoms with Crippen molar-refractivity contribution in [2.45, 2.75) is 43.7 Å². The van der Waals surface area contributed by atoms with Gasteiger partial charge in [0.1, 0.15) is 29.9 Å². The minimum absolute atomic E-state index is 0.0352. The summed E-state index contributed by atoms with van der Waals surface area (Å²) in [6.07, 6.45) is -2.44. The standard InChI is InChI=1S/C24H27F3N6O5/c1-36-13-17(38-19-12-30-31-22(34)21(19)24(25,26)27)14-37-18-6-9-33(23(18)35)16-4-7-32(8-5-16)20-3-2-15(10-28)11-29-20/h2-3,11-12,16-18,21H,4-9,13-14H2,1H3/t17-,18-,21?/m0/s1. The molecular formula is C24H27F3N6O5. The lowest BCUT2D eigenvalue weighted by Gasteiger charge is -2.37. The van der Waals surface area contributed by atoms with Crippen LogP contribution < -0.4 is 4.90 Å². The molecule has 0 spiro atoms. The molecule has 1 unspecified atom stereocenters. The lowest BCUT2D eigenvalue weighted by Crippen LogP contribution is -2.47. The maximum atomic E-state index is 13.4. The fourth-order valence-corrected chi connectivity index (χ4v) is 4.75. The maximum absolute atomic E-state index is 13.4. The Morgan fingerprint density at radius 1 is 1.16 bits per heavy atom. The van der Waals surface area contributed by atoms with E-state index >= 15 is 0 Å². The van der Waals surface area contributed by atoms with Crippen molar-refractivity contribution in [3.05, 3.63) is 35.9 Å². The molecule has 4 heterocycles. The number of nitrogens with zero attached hydrogens (tertiary/aromatic N) is 6. The van der Waals surface area contributed by atoms with E-state index in [-0.39, 0.29) is 25.2 Å². The first-order valence-corrected chi connectivity index (χ1v) is 12.1. The number of alkyl halides is 3. The predicted molar refractivity (Wildman–Crippen MR) is 124 cm³/mol. The Morgan fingerprint density at radius 2 is 1.92 bits per heavy atom. The Labute approximate surface area is 216 Å². The van der Waals surface area contributed by atoms with Crippen molar-refractivity contribution in [2.24, 2.45) is 16.1 Å². The van der Waals surface area contributed by atoms with Crippen molar-refractivity contribution >= 4 is 17.6 Å². The van der Waals surface area contributed by atoms with Gasteiger partial charge >= 0.3 is 6.18 Å². The van der Waals surface area contributed by atoms with E-state index in [9.17, 15) is 22.8 Å². The molecule has 2 fully saturated rings. The number of halogens is 3. The van der Waals surface area contributed by atoms with E-state index in [0.717, 1.165) is 24.9 Å². The van der Waals surface area contributed by atoms with Gasteiger partial charge in [-0.05, 0) is 25.0 Å². The molecule has 0 bridgehead atoms. The molecule has 204 valence electrons. The van der Waals surface area contributed by atoms with Crippen molar-refractivity contribution in [3.8, 4) is 6.07 Å². The molecule has 3 aliphatic heterocycles. The zero-order chi connectivity index (χ0) is 27.3. The number of methoxy groups -OCH3 is 1. The molecule has 0 radical (unpaired) electrons. The van der Waals surface area contributed by atoms with Gasteiger partial charge < -0.3 is 24.0 Å². The Hall–Kier alpha value is -3.57. The largest absolute Gasteiger partial charge is 0.487 e. The number of ether oxygens (including phenoxy) is 3. The van der Waals surface area contributed by atoms with E-state index in [0.29, 0.717) is 31.6 Å². The summed E-state index contributed by atoms with van der Waals surface area (Å²) in [5, 5.41) is 15.2. The average molecular weight is 537 g/mol. The van der Waals surface area contributed by atoms with Crippen LogP contribution >= 0.6 is 0 Å². The zero-order valence-corrected chi connectivity index (χ0v) is 20.6. The molecule has 11 nitrogen and oxygen atoms in total. The third-order valence-corrected chi connectivity index (χ3v) is 6.64. The summed E-state index contributed by atoms with van der Waals surface area (Å²) in [5.74, 6) is -4.09. The SMILES string of the molecule is COC[C@@H](CO[C@H]1CCN(C2CCN(c3ccc(C#N)cn3)CC2)C1=O)OC1=CN=NC(=O)C1C(F)(F)F. The second kappa shape index (κ2) is 11.9. The smallest absolute Gasteiger partial charge is 0.407 e. The number of hydrogen-bond donors (Lipinski definition) is 0. The zero-order valence-electron chi connectivity index (χ0n) is 20.6. The minimum atomic E-state index is -4.89. The highest BCUT2D eigenvalue weighted by atomic mass is 19.4. The first-order valence-electron chi connectivity index (χ1n) is 12.1. The number of likely N-dealkylation sites (tertiary alicyclic amines) is 1. The molecule has 2 saturated heterocycles. The molecule has 4 rings (SSSR count). The summed E-state index contributed by atoms with van der Waals surface area (Å²) in [6, 6.07) is 5.60. The van der Waals surface area contributed by atoms with Crippen LogP contribution in [0.25, 0.3) is 0 Å². The molecule has 14 heteroatoms. The Kier molecular flexibility index (Phi) is 8.58. The van der Waals surface area contributed by atoms with Gasteiger partial charge in [0.2, 0.25) is 0 Å². The molecule has 1 aromatic heterocycles. The van der Waals surface area contributed by atoms with Crippen LogP contribution in [0.1, 0.15) is 24.8 Å². The number of azo groups is 1. The molecule has 2 amide bonds. The van der Waals surface area contributed by atoms with Gasteiger partial charge in [-0.3, -0.25) is 9.59 Å². The van der Waals surface area contributed by atoms with E-state index in [4.69, 9.17) is 19.5 Å². The summed E-state index contributed by atoms with van der Waals surface area (Å²) < 4.78 is 56.3. The second-order valence-electron chi connectivity index (χ2n) is 9.13. The molecule has 3 aliphatic rings. The van der Waals surface area contributed by atoms with Crippen LogP contribution in [0.3, 0.4) is 0 Å². The van der Waals surface area contributed by atoms with Gasteiger partial charge in [-0.1, -0.05) is 0 Å². The highest BCUT2D eigenvalue weighted by molar-refractivity contribution is 5.83. The molecular weight excluding hydrogens is 509 g/mol. The molecule has 1 aromatic rings. The summed E-state index contributed by atoms with van der Waals surface area (Å²) in [7, 11) is 1.35. The van der Waals surface area contributed by atoms with E-state index in [1.807, 2.05) is 6.07 Å². The van der Waals surface area contributed by atoms with E-state index in [1.165, 1.54) is 13.3 Å². The third-order valence-electron chi connectivity index (χ3n) is 6.64. The number of carbonyl (C=O) groups excluding carboxylic acids is 2. The monoisotopic (exact) mass is 536 g/mol. The maximum Gasteiger partial charge on any atom is 0.407 e. The number of nitriles is 1. The highest BCUT2D eigenvalue weighted by Crippen LogP contribution is 2.36. The number of piperidine rings is 1. The Bertz CT molecular complexity index is 1110. The topological polar surface area (TPSA) is 130 Å². The second-order valence-corrected chi connectivity index (χ2v) is 9.13. The predicted octanol–water partition coefficient (Wildman–Crippen LogP) is 2.58. The first-order chi connectivity index (χ1) is 18.2. The van der Waals surface area contributed by atoms with Gasteiger partial charge in [0.15, 0.2) is 5.92 Å². The van der Waals surface area contributed by atoms with E-state index in [1.54, 1.807) is 17.0 Å². The van der Waals surface area contributed by atoms with Crippen LogP contribution in [0.5, 0.6) is 0 Å². The van der Waals surface area contributed by atoms with Crippen LogP contribution in [-0.4, -0.2) is 86.1 Å². The number of rotatable bonds is 9. The van der Waals surface area contributed by atoms with Crippen LogP contribution in [0.4, 0.5) is 19.0 Å². The van der Waals surface area contributed by atoms with E-state index < -0.39 is 36.0 Å². The number of amides is 2. The summed E-state index contributed by atoms with van der Waals surface area (Å²) in [4.78, 5) is 33.0. The van der Waals surface area contributed by atoms with Gasteiger partial charge in [0, 0.05) is 45.4 Å². The van der Waals surface area contributed by atoms with Gasteiger partial charge in [0.05, 0.1) is 25.0 Å². The summed E-state index contributed by atoms with van der Waals surface area (Å²) in [5.41, 5.74) is 0.491. The number of pyridine rings is 1. The van der Waals surface area contributed by atoms with Crippen molar-refractivity contribution in [2.75, 3.05) is 44.9 Å². The number of anilines is 1. The Balaban J connectivity index is 1.29. The van der Waals surface area contributed by atoms with Crippen molar-refractivity contribution in [3.63, 3.8) is 0 Å². The normalized spacial score (nSPS) is 23.4. The fraction of sp³-hybridized carbons (Fsp3) is 0.583. The number of hydrogen-bond acceptors (Lipinski definition) is 9. The minimum Gasteiger partial charge on any atom is -0.487 e. The molecule has 0 N–H and O–H groups in total. The van der Waals surface area contributed by atoms with Crippen molar-refractivity contribution in [1.29, 1.82) is 5.26 Å². The number of carbonyl (C=O) groups is 2. The van der Waals surface area contributed by atoms with Crippen molar-refractivity contribution < 1.29 is 37.0 Å². The molecule has 0 aliphatic carbocycles. The fourth-order valence-electron chi connectivity index (χ4n) is 4.75. The van der Waals surface area contributed by atoms with Crippen LogP contribution in [0, 0.1) is 17.2 Å². The van der Waals surface area contributed by atoms with Gasteiger partial charge in [-0.2, -0.15) is 23.5 Å². The summed E-state index contributed by atoms with van der Waals surface area (Å²) in [6.45, 7) is 1.57. The van der Waals surface area contributed by atoms with Gasteiger partial charge in [0.25, 0.3) is 11.8 Å². The highest BCUT2D eigenvalue weighted by Gasteiger charge is 2.50. The Morgan fingerprint density at radius 3 is 2.55 bits per heavy atom. The third kappa shape index (κ3) is 6.28. The first kappa shape index (κ1) is 27.5. The van der Waals surface area contributed by atoms with Gasteiger partial charge in [-0.15, -0.1) is 5.11 Å². The molecule has 0 saturated carbocycles. The van der Waals surface area contributed by atoms with Crippen LogP contribution in [-0.2, 0) is 23.8 Å². The lowest BCUT2D eigenvalue weighted by atomic mass is 10.0. The lowest BCUT2D eigenvalue weighted by molar-refractivity contribution is -0.184. The van der Waals surface area contributed by atoms with Crippen molar-refractivity contribution in [1.82, 2.24) is 9.88 Å². The van der Waals surface area contributed by atoms with Crippen LogP contribution in [0.2, 0.25) is 0 Å². The number of aromatic nitrogens is 1. The van der Waals surface area contributed by atoms with E-state index in [2.05, 4.69) is 20.1 Å². The molecule has 0 aromatic carbocycles. The summed E-state index contributed by atoms with van der Waals surface area (Å²) >= 11 is 0. The molecule has 3 atom stereocenters. The van der Waals surface area contributed by atoms with Crippen LogP contribution in [0.15, 0.2) is 40.5 Å². The molecule has 38 heavy (non-hydrogen) atoms. The quantitative estimate of drug-likeness (QED) is 0.471. The van der Waals surface area contributed by atoms with Gasteiger partial charge in [-0.25, -0.2) is 4.98 Å².